The molecule has 2 aliphatic rings. The quantitative estimate of drug-likeness (QED) is 0.794. The molecule has 6 nitrogen and oxygen atoms in total. The molecule has 2 aromatic carbocycles. The molecular formula is C21H24N2O4S. The molecule has 1 fully saturated rings. The maximum atomic E-state index is 13.0. The Bertz CT molecular complexity index is 1010. The minimum atomic E-state index is -3.53. The van der Waals surface area contributed by atoms with Crippen molar-refractivity contribution in [2.24, 2.45) is 0 Å². The van der Waals surface area contributed by atoms with Crippen molar-refractivity contribution >= 4 is 21.6 Å². The Labute approximate surface area is 165 Å². The Balaban J connectivity index is 1.62. The SMILES string of the molecule is Cc1cc(C)cc(C(=O)N2CCc3cc(S(=O)(=O)N4CCOCC4)ccc32)c1. The van der Waals surface area contributed by atoms with Gasteiger partial charge in [-0.05, 0) is 56.2 Å². The van der Waals surface area contributed by atoms with Crippen LogP contribution in [0.5, 0.6) is 0 Å². The summed E-state index contributed by atoms with van der Waals surface area (Å²) in [6.45, 7) is 6.09. The smallest absolute Gasteiger partial charge is 0.258 e. The van der Waals surface area contributed by atoms with E-state index in [4.69, 9.17) is 4.74 Å². The molecule has 7 heteroatoms. The highest BCUT2D eigenvalue weighted by Crippen LogP contribution is 2.32. The highest BCUT2D eigenvalue weighted by atomic mass is 32.2. The lowest BCUT2D eigenvalue weighted by Crippen LogP contribution is -2.40. The van der Waals surface area contributed by atoms with Gasteiger partial charge >= 0.3 is 0 Å². The van der Waals surface area contributed by atoms with Crippen LogP contribution in [0.1, 0.15) is 27.0 Å². The summed E-state index contributed by atoms with van der Waals surface area (Å²) in [7, 11) is -3.53. The lowest BCUT2D eigenvalue weighted by molar-refractivity contribution is 0.0730. The number of amides is 1. The van der Waals surface area contributed by atoms with Crippen molar-refractivity contribution in [1.29, 1.82) is 0 Å². The number of carbonyl (C=O) groups is 1. The topological polar surface area (TPSA) is 66.9 Å². The molecule has 0 unspecified atom stereocenters. The summed E-state index contributed by atoms with van der Waals surface area (Å²) in [6.07, 6.45) is 0.651. The second-order valence-electron chi connectivity index (χ2n) is 7.39. The van der Waals surface area contributed by atoms with Gasteiger partial charge < -0.3 is 9.64 Å². The molecule has 0 N–H and O–H groups in total. The number of aryl methyl sites for hydroxylation is 2. The molecule has 0 bridgehead atoms. The van der Waals surface area contributed by atoms with E-state index in [1.54, 1.807) is 23.1 Å². The van der Waals surface area contributed by atoms with Crippen LogP contribution in [-0.2, 0) is 21.2 Å². The van der Waals surface area contributed by atoms with E-state index >= 15 is 0 Å². The Kier molecular flexibility index (Phi) is 4.99. The molecule has 2 aromatic rings. The van der Waals surface area contributed by atoms with E-state index < -0.39 is 10.0 Å². The zero-order chi connectivity index (χ0) is 19.9. The number of carbonyl (C=O) groups excluding carboxylic acids is 1. The van der Waals surface area contributed by atoms with Crippen molar-refractivity contribution in [3.8, 4) is 0 Å². The third-order valence-corrected chi connectivity index (χ3v) is 7.16. The van der Waals surface area contributed by atoms with Gasteiger partial charge in [0.2, 0.25) is 10.0 Å². The van der Waals surface area contributed by atoms with Gasteiger partial charge in [-0.1, -0.05) is 17.2 Å². The predicted octanol–water partition coefficient (Wildman–Crippen LogP) is 2.53. The Morgan fingerprint density at radius 3 is 2.32 bits per heavy atom. The standard InChI is InChI=1S/C21H24N2O4S/c1-15-11-16(2)13-18(12-15)21(24)23-6-5-17-14-19(3-4-20(17)23)28(25,26)22-7-9-27-10-8-22/h3-4,11-14H,5-10H2,1-2H3. The zero-order valence-corrected chi connectivity index (χ0v) is 17.0. The number of ether oxygens (including phenoxy) is 1. The average molecular weight is 401 g/mol. The van der Waals surface area contributed by atoms with Crippen LogP contribution in [0.4, 0.5) is 5.69 Å². The first-order valence-electron chi connectivity index (χ1n) is 9.47. The van der Waals surface area contributed by atoms with Crippen molar-refractivity contribution in [3.05, 3.63) is 58.7 Å². The van der Waals surface area contributed by atoms with Gasteiger partial charge in [0.15, 0.2) is 0 Å². The fourth-order valence-corrected chi connectivity index (χ4v) is 5.40. The number of rotatable bonds is 3. The predicted molar refractivity (Wildman–Crippen MR) is 107 cm³/mol. The average Bonchev–Trinajstić information content (AvgIpc) is 3.10. The van der Waals surface area contributed by atoms with Gasteiger partial charge in [0.25, 0.3) is 5.91 Å². The van der Waals surface area contributed by atoms with E-state index in [1.807, 2.05) is 32.0 Å². The highest BCUT2D eigenvalue weighted by Gasteiger charge is 2.30. The van der Waals surface area contributed by atoms with E-state index in [0.717, 1.165) is 22.4 Å². The number of fused-ring (bicyclic) bond motifs is 1. The fourth-order valence-electron chi connectivity index (χ4n) is 3.94. The van der Waals surface area contributed by atoms with Crippen LogP contribution in [0.25, 0.3) is 0 Å². The van der Waals surface area contributed by atoms with Gasteiger partial charge in [0, 0.05) is 30.9 Å². The highest BCUT2D eigenvalue weighted by molar-refractivity contribution is 7.89. The summed E-state index contributed by atoms with van der Waals surface area (Å²) in [4.78, 5) is 15.1. The van der Waals surface area contributed by atoms with Crippen LogP contribution in [0.2, 0.25) is 0 Å². The maximum Gasteiger partial charge on any atom is 0.258 e. The lowest BCUT2D eigenvalue weighted by Gasteiger charge is -2.26. The van der Waals surface area contributed by atoms with E-state index in [0.29, 0.717) is 44.8 Å². The number of benzene rings is 2. The van der Waals surface area contributed by atoms with Crippen molar-refractivity contribution in [3.63, 3.8) is 0 Å². The van der Waals surface area contributed by atoms with Crippen LogP contribution < -0.4 is 4.90 Å². The van der Waals surface area contributed by atoms with Gasteiger partial charge in [-0.2, -0.15) is 4.31 Å². The number of anilines is 1. The molecule has 28 heavy (non-hydrogen) atoms. The van der Waals surface area contributed by atoms with Crippen molar-refractivity contribution in [2.75, 3.05) is 37.7 Å². The summed E-state index contributed by atoms with van der Waals surface area (Å²) < 4.78 is 32.5. The summed E-state index contributed by atoms with van der Waals surface area (Å²) >= 11 is 0. The number of morpholine rings is 1. The minimum Gasteiger partial charge on any atom is -0.379 e. The van der Waals surface area contributed by atoms with Gasteiger partial charge in [0.1, 0.15) is 0 Å². The first-order valence-corrected chi connectivity index (χ1v) is 10.9. The zero-order valence-electron chi connectivity index (χ0n) is 16.1. The molecule has 0 radical (unpaired) electrons. The molecule has 1 saturated heterocycles. The van der Waals surface area contributed by atoms with Crippen LogP contribution in [0.15, 0.2) is 41.3 Å². The summed E-state index contributed by atoms with van der Waals surface area (Å²) in [5.74, 6) is -0.0469. The summed E-state index contributed by atoms with van der Waals surface area (Å²) in [6, 6.07) is 10.9. The van der Waals surface area contributed by atoms with E-state index in [9.17, 15) is 13.2 Å². The largest absolute Gasteiger partial charge is 0.379 e. The van der Waals surface area contributed by atoms with Gasteiger partial charge in [-0.25, -0.2) is 8.42 Å². The van der Waals surface area contributed by atoms with Crippen LogP contribution in [-0.4, -0.2) is 51.5 Å². The number of sulfonamides is 1. The maximum absolute atomic E-state index is 13.0. The fraction of sp³-hybridized carbons (Fsp3) is 0.381. The normalized spacial score (nSPS) is 17.6. The molecule has 2 aliphatic heterocycles. The third kappa shape index (κ3) is 3.45. The number of hydrogen-bond donors (Lipinski definition) is 0. The summed E-state index contributed by atoms with van der Waals surface area (Å²) in [5, 5.41) is 0. The van der Waals surface area contributed by atoms with E-state index in [-0.39, 0.29) is 10.8 Å². The second kappa shape index (κ2) is 7.31. The number of hydrogen-bond acceptors (Lipinski definition) is 4. The van der Waals surface area contributed by atoms with Crippen molar-refractivity contribution in [2.45, 2.75) is 25.2 Å². The van der Waals surface area contributed by atoms with Gasteiger partial charge in [-0.3, -0.25) is 4.79 Å². The minimum absolute atomic E-state index is 0.0469. The molecule has 2 heterocycles. The van der Waals surface area contributed by atoms with Crippen LogP contribution in [0.3, 0.4) is 0 Å². The molecule has 0 spiro atoms. The summed E-state index contributed by atoms with van der Waals surface area (Å²) in [5.41, 5.74) is 4.46. The second-order valence-corrected chi connectivity index (χ2v) is 9.33. The molecule has 1 amide bonds. The third-order valence-electron chi connectivity index (χ3n) is 5.27. The molecule has 0 aliphatic carbocycles. The first kappa shape index (κ1) is 19.1. The molecule has 0 atom stereocenters. The van der Waals surface area contributed by atoms with Gasteiger partial charge in [-0.15, -0.1) is 0 Å². The monoisotopic (exact) mass is 400 g/mol. The van der Waals surface area contributed by atoms with Gasteiger partial charge in [0.05, 0.1) is 18.1 Å². The van der Waals surface area contributed by atoms with E-state index in [1.165, 1.54) is 4.31 Å². The molecule has 148 valence electrons. The van der Waals surface area contributed by atoms with Crippen LogP contribution >= 0.6 is 0 Å². The van der Waals surface area contributed by atoms with E-state index in [2.05, 4.69) is 0 Å². The Morgan fingerprint density at radius 2 is 1.64 bits per heavy atom. The molecule has 0 aromatic heterocycles. The van der Waals surface area contributed by atoms with Crippen molar-refractivity contribution < 1.29 is 17.9 Å². The molecule has 0 saturated carbocycles. The van der Waals surface area contributed by atoms with Crippen molar-refractivity contribution in [1.82, 2.24) is 4.31 Å². The molecular weight excluding hydrogens is 376 g/mol. The Hall–Kier alpha value is -2.22. The first-order chi connectivity index (χ1) is 13.4. The molecule has 4 rings (SSSR count). The lowest BCUT2D eigenvalue weighted by atomic mass is 10.1. The number of nitrogens with zero attached hydrogens (tertiary/aromatic N) is 2. The Morgan fingerprint density at radius 1 is 0.964 bits per heavy atom. The van der Waals surface area contributed by atoms with Crippen LogP contribution in [0, 0.1) is 13.8 Å².